The van der Waals surface area contributed by atoms with E-state index in [-0.39, 0.29) is 23.2 Å². The third-order valence-electron chi connectivity index (χ3n) is 4.19. The normalized spacial score (nSPS) is 15.6. The Kier molecular flexibility index (Phi) is 5.43. The van der Waals surface area contributed by atoms with Crippen LogP contribution in [0.2, 0.25) is 0 Å². The van der Waals surface area contributed by atoms with Crippen LogP contribution in [0.1, 0.15) is 16.7 Å². The van der Waals surface area contributed by atoms with Gasteiger partial charge >= 0.3 is 0 Å². The minimum atomic E-state index is -0.178. The summed E-state index contributed by atoms with van der Waals surface area (Å²) in [4.78, 5) is 15.0. The zero-order valence-corrected chi connectivity index (χ0v) is 17.0. The van der Waals surface area contributed by atoms with Crippen LogP contribution in [-0.4, -0.2) is 29.6 Å². The standard InChI is InChI=1S/C20H19NO4S2/c1-11-5-6-14(12(2)7-11)21-19(23)17(27-20(21)26)10-13-8-15(24-3)18(22)16(9-13)25-4/h5-10,22H,1-4H3/b17-10-. The van der Waals surface area contributed by atoms with Crippen molar-refractivity contribution in [1.29, 1.82) is 0 Å². The molecule has 0 aromatic heterocycles. The van der Waals surface area contributed by atoms with Crippen LogP contribution in [0.3, 0.4) is 0 Å². The zero-order valence-electron chi connectivity index (χ0n) is 15.4. The molecule has 1 aliphatic rings. The van der Waals surface area contributed by atoms with Gasteiger partial charge in [0.2, 0.25) is 5.75 Å². The van der Waals surface area contributed by atoms with Gasteiger partial charge in [-0.3, -0.25) is 9.69 Å². The first-order chi connectivity index (χ1) is 12.8. The number of aryl methyl sites for hydroxylation is 2. The van der Waals surface area contributed by atoms with Gasteiger partial charge in [-0.2, -0.15) is 0 Å². The molecule has 2 aromatic rings. The predicted octanol–water partition coefficient (Wildman–Crippen LogP) is 4.43. The van der Waals surface area contributed by atoms with Crippen LogP contribution >= 0.6 is 24.0 Å². The van der Waals surface area contributed by atoms with Crippen molar-refractivity contribution in [2.45, 2.75) is 13.8 Å². The van der Waals surface area contributed by atoms with Crippen molar-refractivity contribution in [3.05, 3.63) is 51.9 Å². The van der Waals surface area contributed by atoms with Crippen LogP contribution in [0.25, 0.3) is 6.08 Å². The summed E-state index contributed by atoms with van der Waals surface area (Å²) in [7, 11) is 2.91. The molecule has 7 heteroatoms. The van der Waals surface area contributed by atoms with Crippen LogP contribution in [0.4, 0.5) is 5.69 Å². The largest absolute Gasteiger partial charge is 0.502 e. The Labute approximate surface area is 167 Å². The summed E-state index contributed by atoms with van der Waals surface area (Å²) in [6.45, 7) is 3.97. The average molecular weight is 402 g/mol. The number of carbonyl (C=O) groups is 1. The molecule has 0 bridgehead atoms. The summed E-state index contributed by atoms with van der Waals surface area (Å²) in [6, 6.07) is 9.17. The third kappa shape index (κ3) is 3.65. The highest BCUT2D eigenvalue weighted by Gasteiger charge is 2.34. The molecule has 0 radical (unpaired) electrons. The number of benzene rings is 2. The van der Waals surface area contributed by atoms with E-state index in [4.69, 9.17) is 21.7 Å². The first kappa shape index (κ1) is 19.3. The Hall–Kier alpha value is -2.51. The number of carbonyl (C=O) groups excluding carboxylic acids is 1. The molecule has 1 amide bonds. The highest BCUT2D eigenvalue weighted by molar-refractivity contribution is 8.27. The fraction of sp³-hybridized carbons (Fsp3) is 0.200. The van der Waals surface area contributed by atoms with Gasteiger partial charge in [-0.15, -0.1) is 0 Å². The molecule has 0 atom stereocenters. The predicted molar refractivity (Wildman–Crippen MR) is 113 cm³/mol. The van der Waals surface area contributed by atoms with Crippen molar-refractivity contribution < 1.29 is 19.4 Å². The Morgan fingerprint density at radius 1 is 1.11 bits per heavy atom. The molecule has 0 saturated carbocycles. The molecule has 2 aromatic carbocycles. The molecule has 0 aliphatic carbocycles. The van der Waals surface area contributed by atoms with Crippen LogP contribution in [-0.2, 0) is 4.79 Å². The van der Waals surface area contributed by atoms with E-state index >= 15 is 0 Å². The van der Waals surface area contributed by atoms with E-state index in [0.29, 0.717) is 14.8 Å². The maximum Gasteiger partial charge on any atom is 0.270 e. The Bertz CT molecular complexity index is 943. The topological polar surface area (TPSA) is 59.0 Å². The minimum absolute atomic E-state index is 0.0834. The van der Waals surface area contributed by atoms with Gasteiger partial charge in [-0.05, 0) is 49.2 Å². The van der Waals surface area contributed by atoms with E-state index in [2.05, 4.69) is 0 Å². The quantitative estimate of drug-likeness (QED) is 0.604. The van der Waals surface area contributed by atoms with E-state index in [1.807, 2.05) is 32.0 Å². The summed E-state index contributed by atoms with van der Waals surface area (Å²) in [5.74, 6) is 0.277. The van der Waals surface area contributed by atoms with E-state index in [9.17, 15) is 9.90 Å². The van der Waals surface area contributed by atoms with Gasteiger partial charge in [0.05, 0.1) is 24.8 Å². The van der Waals surface area contributed by atoms with E-state index < -0.39 is 0 Å². The van der Waals surface area contributed by atoms with E-state index in [1.54, 1.807) is 23.1 Å². The van der Waals surface area contributed by atoms with Crippen LogP contribution < -0.4 is 14.4 Å². The zero-order chi connectivity index (χ0) is 19.7. The Morgan fingerprint density at radius 3 is 2.30 bits per heavy atom. The molecule has 1 N–H and O–H groups in total. The summed E-state index contributed by atoms with van der Waals surface area (Å²) >= 11 is 6.68. The molecular weight excluding hydrogens is 382 g/mol. The van der Waals surface area contributed by atoms with E-state index in [1.165, 1.54) is 26.0 Å². The van der Waals surface area contributed by atoms with Crippen LogP contribution in [0.5, 0.6) is 17.2 Å². The molecule has 1 fully saturated rings. The van der Waals surface area contributed by atoms with Crippen molar-refractivity contribution in [2.75, 3.05) is 19.1 Å². The second-order valence-electron chi connectivity index (χ2n) is 6.08. The number of aromatic hydroxyl groups is 1. The number of methoxy groups -OCH3 is 2. The van der Waals surface area contributed by atoms with Crippen LogP contribution in [0.15, 0.2) is 35.2 Å². The monoisotopic (exact) mass is 401 g/mol. The second-order valence-corrected chi connectivity index (χ2v) is 7.76. The number of rotatable bonds is 4. The smallest absolute Gasteiger partial charge is 0.270 e. The van der Waals surface area contributed by atoms with Gasteiger partial charge in [-0.1, -0.05) is 41.7 Å². The Balaban J connectivity index is 2.00. The number of ether oxygens (including phenoxy) is 2. The van der Waals surface area contributed by atoms with E-state index in [0.717, 1.165) is 16.8 Å². The first-order valence-electron chi connectivity index (χ1n) is 8.16. The molecule has 1 aliphatic heterocycles. The molecule has 1 saturated heterocycles. The highest BCUT2D eigenvalue weighted by atomic mass is 32.2. The van der Waals surface area contributed by atoms with Crippen molar-refractivity contribution in [2.24, 2.45) is 0 Å². The lowest BCUT2D eigenvalue weighted by Gasteiger charge is -2.17. The first-order valence-corrected chi connectivity index (χ1v) is 9.38. The summed E-state index contributed by atoms with van der Waals surface area (Å²) in [5, 5.41) is 10.0. The maximum atomic E-state index is 13.0. The lowest BCUT2D eigenvalue weighted by molar-refractivity contribution is -0.113. The lowest BCUT2D eigenvalue weighted by Crippen LogP contribution is -2.28. The number of thiocarbonyl (C=S) groups is 1. The molecule has 27 heavy (non-hydrogen) atoms. The number of amides is 1. The number of thioether (sulfide) groups is 1. The lowest BCUT2D eigenvalue weighted by atomic mass is 10.1. The van der Waals surface area contributed by atoms with Gasteiger partial charge in [0.25, 0.3) is 5.91 Å². The number of anilines is 1. The summed E-state index contributed by atoms with van der Waals surface area (Å²) in [5.41, 5.74) is 3.57. The van der Waals surface area contributed by atoms with Crippen molar-refractivity contribution in [1.82, 2.24) is 0 Å². The fourth-order valence-corrected chi connectivity index (χ4v) is 4.17. The second kappa shape index (κ2) is 7.62. The van der Waals surface area contributed by atoms with Gasteiger partial charge in [0.15, 0.2) is 15.8 Å². The summed E-state index contributed by atoms with van der Waals surface area (Å²) < 4.78 is 10.8. The molecule has 3 rings (SSSR count). The number of hydrogen-bond donors (Lipinski definition) is 1. The highest BCUT2D eigenvalue weighted by Crippen LogP contribution is 2.41. The molecule has 5 nitrogen and oxygen atoms in total. The van der Waals surface area contributed by atoms with Gasteiger partial charge in [0, 0.05) is 0 Å². The number of phenols is 1. The van der Waals surface area contributed by atoms with Crippen molar-refractivity contribution in [3.63, 3.8) is 0 Å². The van der Waals surface area contributed by atoms with Gasteiger partial charge in [0.1, 0.15) is 0 Å². The van der Waals surface area contributed by atoms with Gasteiger partial charge in [-0.25, -0.2) is 0 Å². The average Bonchev–Trinajstić information content (AvgIpc) is 2.90. The molecule has 1 heterocycles. The molecule has 0 unspecified atom stereocenters. The Morgan fingerprint density at radius 2 is 1.74 bits per heavy atom. The number of phenolic OH excluding ortho intramolecular Hbond substituents is 1. The third-order valence-corrected chi connectivity index (χ3v) is 5.49. The SMILES string of the molecule is COc1cc(/C=C2\SC(=S)N(c3ccc(C)cc3C)C2=O)cc(OC)c1O. The summed E-state index contributed by atoms with van der Waals surface area (Å²) in [6.07, 6.45) is 1.72. The molecular formula is C20H19NO4S2. The minimum Gasteiger partial charge on any atom is -0.502 e. The number of hydrogen-bond acceptors (Lipinski definition) is 6. The van der Waals surface area contributed by atoms with Crippen molar-refractivity contribution >= 4 is 46.0 Å². The van der Waals surface area contributed by atoms with Crippen molar-refractivity contribution in [3.8, 4) is 17.2 Å². The molecule has 140 valence electrons. The molecule has 0 spiro atoms. The fourth-order valence-electron chi connectivity index (χ4n) is 2.88. The maximum absolute atomic E-state index is 13.0. The van der Waals surface area contributed by atoms with Gasteiger partial charge < -0.3 is 14.6 Å². The number of nitrogens with zero attached hydrogens (tertiary/aromatic N) is 1. The van der Waals surface area contributed by atoms with Crippen LogP contribution in [0, 0.1) is 13.8 Å².